The van der Waals surface area contributed by atoms with Crippen LogP contribution in [0.15, 0.2) is 60.8 Å². The minimum atomic E-state index is -0.731. The van der Waals surface area contributed by atoms with Crippen molar-refractivity contribution in [2.75, 3.05) is 20.3 Å². The van der Waals surface area contributed by atoms with Gasteiger partial charge in [0.05, 0.1) is 17.8 Å². The van der Waals surface area contributed by atoms with E-state index in [2.05, 4.69) is 4.98 Å². The standard InChI is InChI=1S/C28H25F4N3O/c1-16-7-19(11-20(30)8-16)25-14-34-26-4-3-17(18-9-21(31)13-22(32)10-18)12-24(26)27(25)28(36)35(2)15-23(33)5-6-29/h3-4,7-14,23H,5-6,15,33H2,1-2H3. The number of alkyl halides is 1. The Bertz CT molecular complexity index is 1390. The maximum atomic E-state index is 14.3. The van der Waals surface area contributed by atoms with E-state index in [1.165, 1.54) is 35.4 Å². The van der Waals surface area contributed by atoms with Crippen molar-refractivity contribution in [2.24, 2.45) is 5.73 Å². The number of pyridine rings is 1. The van der Waals surface area contributed by atoms with E-state index in [4.69, 9.17) is 5.73 Å². The van der Waals surface area contributed by atoms with Crippen LogP contribution in [-0.2, 0) is 0 Å². The number of amides is 1. The number of aromatic nitrogens is 1. The molecule has 4 nitrogen and oxygen atoms in total. The first-order chi connectivity index (χ1) is 17.2. The lowest BCUT2D eigenvalue weighted by molar-refractivity contribution is 0.0786. The summed E-state index contributed by atoms with van der Waals surface area (Å²) >= 11 is 0. The van der Waals surface area contributed by atoms with Crippen molar-refractivity contribution in [1.82, 2.24) is 9.88 Å². The monoisotopic (exact) mass is 495 g/mol. The number of fused-ring (bicyclic) bond motifs is 1. The Morgan fingerprint density at radius 1 is 0.944 bits per heavy atom. The van der Waals surface area contributed by atoms with Gasteiger partial charge in [0, 0.05) is 42.8 Å². The Balaban J connectivity index is 1.94. The molecule has 1 atom stereocenters. The molecule has 4 rings (SSSR count). The van der Waals surface area contributed by atoms with Crippen LogP contribution in [0.2, 0.25) is 0 Å². The van der Waals surface area contributed by atoms with Crippen molar-refractivity contribution in [3.8, 4) is 22.3 Å². The Labute approximate surface area is 206 Å². The molecule has 2 N–H and O–H groups in total. The van der Waals surface area contributed by atoms with Gasteiger partial charge in [-0.3, -0.25) is 14.2 Å². The van der Waals surface area contributed by atoms with Crippen LogP contribution in [0.3, 0.4) is 0 Å². The molecule has 0 saturated heterocycles. The fourth-order valence-corrected chi connectivity index (χ4v) is 4.29. The molecule has 0 spiro atoms. The van der Waals surface area contributed by atoms with Gasteiger partial charge in [-0.15, -0.1) is 0 Å². The lowest BCUT2D eigenvalue weighted by Gasteiger charge is -2.23. The van der Waals surface area contributed by atoms with Crippen LogP contribution in [0.4, 0.5) is 17.6 Å². The Morgan fingerprint density at radius 3 is 2.28 bits per heavy atom. The van der Waals surface area contributed by atoms with Gasteiger partial charge < -0.3 is 10.6 Å². The third-order valence-corrected chi connectivity index (χ3v) is 5.97. The zero-order chi connectivity index (χ0) is 26.0. The van der Waals surface area contributed by atoms with Gasteiger partial charge in [0.15, 0.2) is 0 Å². The molecule has 36 heavy (non-hydrogen) atoms. The highest BCUT2D eigenvalue weighted by atomic mass is 19.1. The summed E-state index contributed by atoms with van der Waals surface area (Å²) in [5.41, 5.74) is 8.93. The number of likely N-dealkylation sites (N-methyl/N-ethyl adjacent to an activating group) is 1. The first kappa shape index (κ1) is 25.3. The predicted octanol–water partition coefficient (Wildman–Crippen LogP) is 6.05. The molecule has 3 aromatic carbocycles. The quantitative estimate of drug-likeness (QED) is 0.318. The fraction of sp³-hybridized carbons (Fsp3) is 0.214. The highest BCUT2D eigenvalue weighted by Gasteiger charge is 2.23. The number of benzene rings is 3. The minimum absolute atomic E-state index is 0.0972. The van der Waals surface area contributed by atoms with Gasteiger partial charge in [0.1, 0.15) is 17.5 Å². The summed E-state index contributed by atoms with van der Waals surface area (Å²) in [4.78, 5) is 19.6. The summed E-state index contributed by atoms with van der Waals surface area (Å²) in [5, 5.41) is 0.424. The van der Waals surface area contributed by atoms with Gasteiger partial charge in [-0.2, -0.15) is 0 Å². The van der Waals surface area contributed by atoms with Crippen molar-refractivity contribution in [3.63, 3.8) is 0 Å². The van der Waals surface area contributed by atoms with Gasteiger partial charge in [0.2, 0.25) is 0 Å². The molecule has 4 aromatic rings. The molecule has 0 bridgehead atoms. The van der Waals surface area contributed by atoms with E-state index < -0.39 is 36.1 Å². The van der Waals surface area contributed by atoms with E-state index in [0.29, 0.717) is 33.2 Å². The van der Waals surface area contributed by atoms with Crippen LogP contribution in [-0.4, -0.2) is 42.1 Å². The molecule has 1 heterocycles. The van der Waals surface area contributed by atoms with E-state index in [1.54, 1.807) is 38.2 Å². The highest BCUT2D eigenvalue weighted by Crippen LogP contribution is 2.34. The molecule has 1 unspecified atom stereocenters. The maximum absolute atomic E-state index is 14.3. The van der Waals surface area contributed by atoms with Gasteiger partial charge in [-0.1, -0.05) is 12.1 Å². The van der Waals surface area contributed by atoms with E-state index in [9.17, 15) is 22.4 Å². The number of carbonyl (C=O) groups excluding carboxylic acids is 1. The highest BCUT2D eigenvalue weighted by molar-refractivity contribution is 6.12. The second kappa shape index (κ2) is 10.5. The number of halogens is 4. The summed E-state index contributed by atoms with van der Waals surface area (Å²) in [6, 6.07) is 12.0. The molecule has 0 aliphatic heterocycles. The smallest absolute Gasteiger partial charge is 0.255 e. The maximum Gasteiger partial charge on any atom is 0.255 e. The number of carbonyl (C=O) groups is 1. The fourth-order valence-electron chi connectivity index (χ4n) is 4.29. The molecular formula is C28H25F4N3O. The average molecular weight is 496 g/mol. The van der Waals surface area contributed by atoms with Gasteiger partial charge in [0.25, 0.3) is 5.91 Å². The summed E-state index contributed by atoms with van der Waals surface area (Å²) in [7, 11) is 1.55. The third kappa shape index (κ3) is 5.39. The number of hydrogen-bond acceptors (Lipinski definition) is 3. The van der Waals surface area contributed by atoms with Gasteiger partial charge in [-0.05, 0) is 72.0 Å². The molecule has 0 fully saturated rings. The van der Waals surface area contributed by atoms with Crippen molar-refractivity contribution in [3.05, 3.63) is 89.4 Å². The van der Waals surface area contributed by atoms with Crippen molar-refractivity contribution in [2.45, 2.75) is 19.4 Å². The van der Waals surface area contributed by atoms with Crippen molar-refractivity contribution < 1.29 is 22.4 Å². The first-order valence-corrected chi connectivity index (χ1v) is 11.4. The third-order valence-electron chi connectivity index (χ3n) is 5.97. The molecule has 0 radical (unpaired) electrons. The van der Waals surface area contributed by atoms with Crippen LogP contribution < -0.4 is 5.73 Å². The normalized spacial score (nSPS) is 12.1. The van der Waals surface area contributed by atoms with Crippen LogP contribution in [0.25, 0.3) is 33.2 Å². The SMILES string of the molecule is Cc1cc(F)cc(-c2cnc3ccc(-c4cc(F)cc(F)c4)cc3c2C(=O)N(C)CC(N)CCF)c1. The largest absolute Gasteiger partial charge is 0.340 e. The Kier molecular flexibility index (Phi) is 7.35. The lowest BCUT2D eigenvalue weighted by atomic mass is 9.93. The number of hydrogen-bond donors (Lipinski definition) is 1. The van der Waals surface area contributed by atoms with E-state index in [1.807, 2.05) is 0 Å². The zero-order valence-corrected chi connectivity index (χ0v) is 19.9. The molecule has 0 aliphatic rings. The zero-order valence-electron chi connectivity index (χ0n) is 19.9. The molecule has 1 aromatic heterocycles. The topological polar surface area (TPSA) is 59.2 Å². The Morgan fingerprint density at radius 2 is 1.61 bits per heavy atom. The number of nitrogens with zero attached hydrogens (tertiary/aromatic N) is 2. The molecule has 8 heteroatoms. The van der Waals surface area contributed by atoms with Crippen LogP contribution in [0.1, 0.15) is 22.3 Å². The molecule has 0 saturated carbocycles. The van der Waals surface area contributed by atoms with Gasteiger partial charge >= 0.3 is 0 Å². The average Bonchev–Trinajstić information content (AvgIpc) is 2.81. The predicted molar refractivity (Wildman–Crippen MR) is 133 cm³/mol. The summed E-state index contributed by atoms with van der Waals surface area (Å²) in [6.07, 6.45) is 1.60. The molecule has 0 aliphatic carbocycles. The van der Waals surface area contributed by atoms with Crippen molar-refractivity contribution >= 4 is 16.8 Å². The summed E-state index contributed by atoms with van der Waals surface area (Å²) in [5.74, 6) is -2.35. The van der Waals surface area contributed by atoms with E-state index in [-0.39, 0.29) is 24.1 Å². The number of rotatable bonds is 7. The number of nitrogens with two attached hydrogens (primary N) is 1. The van der Waals surface area contributed by atoms with E-state index in [0.717, 1.165) is 6.07 Å². The van der Waals surface area contributed by atoms with Crippen LogP contribution >= 0.6 is 0 Å². The van der Waals surface area contributed by atoms with Crippen molar-refractivity contribution in [1.29, 1.82) is 0 Å². The summed E-state index contributed by atoms with van der Waals surface area (Å²) in [6.45, 7) is 1.23. The molecule has 186 valence electrons. The number of aryl methyl sites for hydroxylation is 1. The van der Waals surface area contributed by atoms with Crippen LogP contribution in [0.5, 0.6) is 0 Å². The minimum Gasteiger partial charge on any atom is -0.340 e. The van der Waals surface area contributed by atoms with E-state index >= 15 is 0 Å². The second-order valence-corrected chi connectivity index (χ2v) is 8.88. The molecular weight excluding hydrogens is 470 g/mol. The lowest BCUT2D eigenvalue weighted by Crippen LogP contribution is -2.39. The first-order valence-electron chi connectivity index (χ1n) is 11.4. The van der Waals surface area contributed by atoms with Gasteiger partial charge in [-0.25, -0.2) is 13.2 Å². The second-order valence-electron chi connectivity index (χ2n) is 8.88. The molecule has 1 amide bonds. The van der Waals surface area contributed by atoms with Crippen LogP contribution in [0, 0.1) is 24.4 Å². The Hall–Kier alpha value is -3.78. The summed E-state index contributed by atoms with van der Waals surface area (Å²) < 4.78 is 54.9.